The summed E-state index contributed by atoms with van der Waals surface area (Å²) in [6.45, 7) is 1.91. The van der Waals surface area contributed by atoms with Gasteiger partial charge in [0.15, 0.2) is 0 Å². The van der Waals surface area contributed by atoms with Crippen LogP contribution >= 0.6 is 24.0 Å². The Kier molecular flexibility index (Phi) is 5.31. The van der Waals surface area contributed by atoms with Gasteiger partial charge in [-0.1, -0.05) is 30.3 Å². The van der Waals surface area contributed by atoms with Crippen LogP contribution < -0.4 is 5.73 Å². The average Bonchev–Trinajstić information content (AvgIpc) is 2.05. The lowest BCUT2D eigenvalue weighted by Crippen LogP contribution is -2.20. The van der Waals surface area contributed by atoms with E-state index >= 15 is 0 Å². The molecule has 0 bridgehead atoms. The Bertz CT molecular complexity index is 211. The smallest absolute Gasteiger partial charge is 0.0733 e. The van der Waals surface area contributed by atoms with E-state index in [0.29, 0.717) is 0 Å². The van der Waals surface area contributed by atoms with E-state index in [0.717, 1.165) is 5.56 Å². The Labute approximate surface area is 84.3 Å². The molecular formula is C9H13Cl2N. The van der Waals surface area contributed by atoms with Crippen molar-refractivity contribution in [2.24, 2.45) is 5.73 Å². The van der Waals surface area contributed by atoms with Gasteiger partial charge in [-0.05, 0) is 12.5 Å². The van der Waals surface area contributed by atoms with E-state index in [1.807, 2.05) is 37.3 Å². The van der Waals surface area contributed by atoms with Gasteiger partial charge >= 0.3 is 0 Å². The van der Waals surface area contributed by atoms with Crippen LogP contribution in [0.5, 0.6) is 0 Å². The zero-order chi connectivity index (χ0) is 8.27. The molecule has 0 radical (unpaired) electrons. The molecule has 0 fully saturated rings. The highest BCUT2D eigenvalue weighted by Crippen LogP contribution is 2.21. The molecule has 1 aromatic rings. The van der Waals surface area contributed by atoms with Gasteiger partial charge in [-0.15, -0.1) is 24.0 Å². The van der Waals surface area contributed by atoms with E-state index in [4.69, 9.17) is 17.3 Å². The fourth-order valence-corrected chi connectivity index (χ4v) is 1.09. The zero-order valence-electron chi connectivity index (χ0n) is 6.91. The molecule has 68 valence electrons. The average molecular weight is 206 g/mol. The normalized spacial score (nSPS) is 14.6. The maximum Gasteiger partial charge on any atom is 0.0733 e. The van der Waals surface area contributed by atoms with Crippen molar-refractivity contribution in [1.29, 1.82) is 0 Å². The predicted molar refractivity (Wildman–Crippen MR) is 55.9 cm³/mol. The van der Waals surface area contributed by atoms with Gasteiger partial charge in [0.1, 0.15) is 0 Å². The van der Waals surface area contributed by atoms with E-state index in [9.17, 15) is 0 Å². The molecule has 0 aliphatic carbocycles. The standard InChI is InChI=1S/C9H12ClN.ClH/c1-7(11)9(10)8-5-3-2-4-6-8;/h2-7,9H,11H2,1H3;1H/t7-,9?;/m0./s1. The molecule has 0 aromatic heterocycles. The van der Waals surface area contributed by atoms with Crippen LogP contribution in [0.15, 0.2) is 30.3 Å². The SMILES string of the molecule is C[C@H](N)C(Cl)c1ccccc1.Cl. The zero-order valence-corrected chi connectivity index (χ0v) is 8.48. The van der Waals surface area contributed by atoms with Crippen LogP contribution in [0.1, 0.15) is 17.9 Å². The Balaban J connectivity index is 0.00000121. The molecule has 0 amide bonds. The fraction of sp³-hybridized carbons (Fsp3) is 0.333. The fourth-order valence-electron chi connectivity index (χ4n) is 0.940. The van der Waals surface area contributed by atoms with E-state index in [1.54, 1.807) is 0 Å². The molecule has 2 N–H and O–H groups in total. The molecule has 12 heavy (non-hydrogen) atoms. The van der Waals surface area contributed by atoms with Crippen LogP contribution in [-0.4, -0.2) is 6.04 Å². The Hall–Kier alpha value is -0.240. The topological polar surface area (TPSA) is 26.0 Å². The second kappa shape index (κ2) is 5.41. The largest absolute Gasteiger partial charge is 0.326 e. The summed E-state index contributed by atoms with van der Waals surface area (Å²) in [6, 6.07) is 9.87. The second-order valence-electron chi connectivity index (χ2n) is 2.67. The quantitative estimate of drug-likeness (QED) is 0.739. The summed E-state index contributed by atoms with van der Waals surface area (Å²) in [4.78, 5) is 0. The van der Waals surface area contributed by atoms with Crippen LogP contribution in [0.4, 0.5) is 0 Å². The highest BCUT2D eigenvalue weighted by atomic mass is 35.5. The third-order valence-corrected chi connectivity index (χ3v) is 2.23. The van der Waals surface area contributed by atoms with Gasteiger partial charge in [0.2, 0.25) is 0 Å². The number of hydrogen-bond donors (Lipinski definition) is 1. The summed E-state index contributed by atoms with van der Waals surface area (Å²) in [5.74, 6) is 0. The van der Waals surface area contributed by atoms with Gasteiger partial charge in [-0.2, -0.15) is 0 Å². The maximum atomic E-state index is 6.02. The molecule has 1 unspecified atom stereocenters. The van der Waals surface area contributed by atoms with Crippen molar-refractivity contribution in [3.63, 3.8) is 0 Å². The lowest BCUT2D eigenvalue weighted by atomic mass is 10.1. The molecule has 0 heterocycles. The van der Waals surface area contributed by atoms with Crippen LogP contribution in [-0.2, 0) is 0 Å². The molecular weight excluding hydrogens is 193 g/mol. The summed E-state index contributed by atoms with van der Waals surface area (Å²) in [7, 11) is 0. The summed E-state index contributed by atoms with van der Waals surface area (Å²) >= 11 is 6.02. The van der Waals surface area contributed by atoms with Gasteiger partial charge in [-0.25, -0.2) is 0 Å². The monoisotopic (exact) mass is 205 g/mol. The maximum absolute atomic E-state index is 6.02. The molecule has 1 aromatic carbocycles. The van der Waals surface area contributed by atoms with Crippen LogP contribution in [0.3, 0.4) is 0 Å². The van der Waals surface area contributed by atoms with Crippen LogP contribution in [0.25, 0.3) is 0 Å². The lowest BCUT2D eigenvalue weighted by molar-refractivity contribution is 0.713. The first-order valence-electron chi connectivity index (χ1n) is 3.66. The summed E-state index contributed by atoms with van der Waals surface area (Å²) in [6.07, 6.45) is 0. The molecule has 0 aliphatic heterocycles. The number of alkyl halides is 1. The van der Waals surface area contributed by atoms with E-state index in [2.05, 4.69) is 0 Å². The number of rotatable bonds is 2. The number of nitrogens with two attached hydrogens (primary N) is 1. The first kappa shape index (κ1) is 11.8. The van der Waals surface area contributed by atoms with Crippen molar-refractivity contribution < 1.29 is 0 Å². The van der Waals surface area contributed by atoms with Crippen molar-refractivity contribution in [2.75, 3.05) is 0 Å². The highest BCUT2D eigenvalue weighted by molar-refractivity contribution is 6.21. The summed E-state index contributed by atoms with van der Waals surface area (Å²) < 4.78 is 0. The molecule has 3 heteroatoms. The minimum atomic E-state index is -0.0730. The Morgan fingerprint density at radius 2 is 1.75 bits per heavy atom. The lowest BCUT2D eigenvalue weighted by Gasteiger charge is -2.12. The first-order chi connectivity index (χ1) is 5.22. The van der Waals surface area contributed by atoms with Crippen LogP contribution in [0, 0.1) is 0 Å². The van der Waals surface area contributed by atoms with Crippen molar-refractivity contribution in [2.45, 2.75) is 18.3 Å². The molecule has 0 saturated carbocycles. The van der Waals surface area contributed by atoms with Gasteiger partial charge in [0, 0.05) is 6.04 Å². The molecule has 1 rings (SSSR count). The van der Waals surface area contributed by atoms with Gasteiger partial charge in [0.05, 0.1) is 5.38 Å². The highest BCUT2D eigenvalue weighted by Gasteiger charge is 2.10. The van der Waals surface area contributed by atoms with E-state index < -0.39 is 0 Å². The van der Waals surface area contributed by atoms with Gasteiger partial charge < -0.3 is 5.73 Å². The van der Waals surface area contributed by atoms with Gasteiger partial charge in [-0.3, -0.25) is 0 Å². The number of halogens is 2. The van der Waals surface area contributed by atoms with Crippen molar-refractivity contribution in [1.82, 2.24) is 0 Å². The van der Waals surface area contributed by atoms with E-state index in [-0.39, 0.29) is 23.8 Å². The summed E-state index contributed by atoms with van der Waals surface area (Å²) in [5.41, 5.74) is 6.72. The summed E-state index contributed by atoms with van der Waals surface area (Å²) in [5, 5.41) is -0.0730. The van der Waals surface area contributed by atoms with Crippen LogP contribution in [0.2, 0.25) is 0 Å². The first-order valence-corrected chi connectivity index (χ1v) is 4.10. The third-order valence-electron chi connectivity index (χ3n) is 1.58. The van der Waals surface area contributed by atoms with Crippen molar-refractivity contribution in [3.8, 4) is 0 Å². The van der Waals surface area contributed by atoms with E-state index in [1.165, 1.54) is 0 Å². The van der Waals surface area contributed by atoms with Crippen molar-refractivity contribution in [3.05, 3.63) is 35.9 Å². The number of benzene rings is 1. The van der Waals surface area contributed by atoms with Gasteiger partial charge in [0.25, 0.3) is 0 Å². The minimum absolute atomic E-state index is 0. The molecule has 2 atom stereocenters. The molecule has 0 aliphatic rings. The Morgan fingerprint density at radius 3 is 2.17 bits per heavy atom. The molecule has 0 saturated heterocycles. The Morgan fingerprint density at radius 1 is 1.25 bits per heavy atom. The predicted octanol–water partition coefficient (Wildman–Crippen LogP) is 2.74. The molecule has 1 nitrogen and oxygen atoms in total. The third kappa shape index (κ3) is 3.02. The second-order valence-corrected chi connectivity index (χ2v) is 3.14. The van der Waals surface area contributed by atoms with Crippen molar-refractivity contribution >= 4 is 24.0 Å². The minimum Gasteiger partial charge on any atom is -0.326 e. The number of hydrogen-bond acceptors (Lipinski definition) is 1. The molecule has 0 spiro atoms.